The number of benzene rings is 1. The predicted octanol–water partition coefficient (Wildman–Crippen LogP) is 1.46. The predicted molar refractivity (Wildman–Crippen MR) is 68.7 cm³/mol. The summed E-state index contributed by atoms with van der Waals surface area (Å²) in [5.74, 6) is -0.00840. The van der Waals surface area contributed by atoms with E-state index < -0.39 is 0 Å². The summed E-state index contributed by atoms with van der Waals surface area (Å²) in [6, 6.07) is 9.68. The van der Waals surface area contributed by atoms with Gasteiger partial charge in [-0.25, -0.2) is 0 Å². The number of rotatable bonds is 4. The minimum absolute atomic E-state index is 0. The molecule has 0 aromatic heterocycles. The maximum atomic E-state index is 11.5. The first-order valence-electron chi connectivity index (χ1n) is 5.12. The summed E-state index contributed by atoms with van der Waals surface area (Å²) in [4.78, 5) is 13.0. The Kier molecular flexibility index (Phi) is 6.77. The van der Waals surface area contributed by atoms with Gasteiger partial charge in [-0.2, -0.15) is 0 Å². The normalized spacial score (nSPS) is 11.4. The molecule has 16 heavy (non-hydrogen) atoms. The van der Waals surface area contributed by atoms with Crippen molar-refractivity contribution in [2.24, 2.45) is 5.73 Å². The van der Waals surface area contributed by atoms with Gasteiger partial charge in [0.15, 0.2) is 0 Å². The standard InChI is InChI=1S/C12H18N2O.ClH/c1-14(2)12(15)11(13)9-8-10-6-4-3-5-7-10;/h3-7,11H,8-9,13H2,1-2H3;1H. The van der Waals surface area contributed by atoms with Crippen molar-refractivity contribution in [3.63, 3.8) is 0 Å². The molecule has 90 valence electrons. The fourth-order valence-corrected chi connectivity index (χ4v) is 1.42. The highest BCUT2D eigenvalue weighted by Gasteiger charge is 2.14. The van der Waals surface area contributed by atoms with Crippen molar-refractivity contribution in [1.82, 2.24) is 4.90 Å². The Hall–Kier alpha value is -1.06. The van der Waals surface area contributed by atoms with E-state index in [9.17, 15) is 4.79 Å². The van der Waals surface area contributed by atoms with Crippen LogP contribution in [-0.4, -0.2) is 30.9 Å². The van der Waals surface area contributed by atoms with E-state index in [0.29, 0.717) is 6.42 Å². The summed E-state index contributed by atoms with van der Waals surface area (Å²) in [5, 5.41) is 0. The Balaban J connectivity index is 0.00000225. The molecule has 1 unspecified atom stereocenters. The third-order valence-electron chi connectivity index (χ3n) is 2.34. The molecule has 1 amide bonds. The molecular weight excluding hydrogens is 224 g/mol. The van der Waals surface area contributed by atoms with Gasteiger partial charge in [-0.15, -0.1) is 12.4 Å². The van der Waals surface area contributed by atoms with Gasteiger partial charge in [-0.05, 0) is 18.4 Å². The van der Waals surface area contributed by atoms with E-state index in [2.05, 4.69) is 0 Å². The highest BCUT2D eigenvalue weighted by molar-refractivity contribution is 5.85. The number of hydrogen-bond acceptors (Lipinski definition) is 2. The minimum Gasteiger partial charge on any atom is -0.347 e. The Morgan fingerprint density at radius 1 is 1.31 bits per heavy atom. The lowest BCUT2D eigenvalue weighted by Crippen LogP contribution is -2.40. The van der Waals surface area contributed by atoms with Crippen LogP contribution < -0.4 is 5.73 Å². The van der Waals surface area contributed by atoms with Crippen LogP contribution in [0.5, 0.6) is 0 Å². The Bertz CT molecular complexity index is 314. The fourth-order valence-electron chi connectivity index (χ4n) is 1.42. The fraction of sp³-hybridized carbons (Fsp3) is 0.417. The lowest BCUT2D eigenvalue weighted by molar-refractivity contribution is -0.130. The molecule has 4 heteroatoms. The molecule has 0 radical (unpaired) electrons. The second-order valence-corrected chi connectivity index (χ2v) is 3.86. The van der Waals surface area contributed by atoms with Crippen LogP contribution in [0.2, 0.25) is 0 Å². The topological polar surface area (TPSA) is 46.3 Å². The van der Waals surface area contributed by atoms with Crippen LogP contribution in [0.4, 0.5) is 0 Å². The molecule has 0 bridgehead atoms. The summed E-state index contributed by atoms with van der Waals surface area (Å²) >= 11 is 0. The highest BCUT2D eigenvalue weighted by Crippen LogP contribution is 2.04. The molecule has 3 nitrogen and oxygen atoms in total. The van der Waals surface area contributed by atoms with Crippen molar-refractivity contribution in [2.75, 3.05) is 14.1 Å². The summed E-state index contributed by atoms with van der Waals surface area (Å²) < 4.78 is 0. The van der Waals surface area contributed by atoms with Crippen molar-refractivity contribution in [1.29, 1.82) is 0 Å². The van der Waals surface area contributed by atoms with E-state index in [1.807, 2.05) is 30.3 Å². The van der Waals surface area contributed by atoms with Crippen LogP contribution in [0.1, 0.15) is 12.0 Å². The number of aryl methyl sites for hydroxylation is 1. The molecule has 0 saturated heterocycles. The van der Waals surface area contributed by atoms with Gasteiger partial charge in [0.1, 0.15) is 0 Å². The monoisotopic (exact) mass is 242 g/mol. The number of likely N-dealkylation sites (N-methyl/N-ethyl adjacent to an activating group) is 1. The Labute approximate surface area is 103 Å². The number of nitrogens with two attached hydrogens (primary N) is 1. The van der Waals surface area contributed by atoms with Crippen LogP contribution in [0.3, 0.4) is 0 Å². The second kappa shape index (κ2) is 7.25. The van der Waals surface area contributed by atoms with E-state index in [-0.39, 0.29) is 24.4 Å². The first-order chi connectivity index (χ1) is 7.11. The number of carbonyl (C=O) groups is 1. The highest BCUT2D eigenvalue weighted by atomic mass is 35.5. The van der Waals surface area contributed by atoms with Gasteiger partial charge in [0.25, 0.3) is 0 Å². The summed E-state index contributed by atoms with van der Waals surface area (Å²) in [5.41, 5.74) is 7.00. The molecule has 0 fully saturated rings. The quantitative estimate of drug-likeness (QED) is 0.869. The number of halogens is 1. The largest absolute Gasteiger partial charge is 0.347 e. The number of hydrogen-bond donors (Lipinski definition) is 1. The zero-order valence-corrected chi connectivity index (χ0v) is 10.5. The van der Waals surface area contributed by atoms with E-state index in [1.165, 1.54) is 10.5 Å². The van der Waals surface area contributed by atoms with Crippen LogP contribution in [0.25, 0.3) is 0 Å². The molecule has 0 heterocycles. The molecular formula is C12H19ClN2O. The average molecular weight is 243 g/mol. The Morgan fingerprint density at radius 3 is 2.38 bits per heavy atom. The SMILES string of the molecule is CN(C)C(=O)C(N)CCc1ccccc1.Cl. The molecule has 2 N–H and O–H groups in total. The van der Waals surface area contributed by atoms with Crippen LogP contribution >= 0.6 is 12.4 Å². The van der Waals surface area contributed by atoms with Crippen molar-refractivity contribution >= 4 is 18.3 Å². The van der Waals surface area contributed by atoms with Gasteiger partial charge >= 0.3 is 0 Å². The molecule has 1 rings (SSSR count). The van der Waals surface area contributed by atoms with Gasteiger partial charge < -0.3 is 10.6 Å². The van der Waals surface area contributed by atoms with Crippen molar-refractivity contribution in [3.05, 3.63) is 35.9 Å². The minimum atomic E-state index is -0.389. The number of carbonyl (C=O) groups excluding carboxylic acids is 1. The molecule has 0 aliphatic heterocycles. The lowest BCUT2D eigenvalue weighted by Gasteiger charge is -2.16. The van der Waals surface area contributed by atoms with Gasteiger partial charge in [-0.1, -0.05) is 30.3 Å². The van der Waals surface area contributed by atoms with E-state index in [1.54, 1.807) is 14.1 Å². The zero-order chi connectivity index (χ0) is 11.3. The summed E-state index contributed by atoms with van der Waals surface area (Å²) in [7, 11) is 3.45. The molecule has 0 aliphatic carbocycles. The van der Waals surface area contributed by atoms with Crippen LogP contribution in [-0.2, 0) is 11.2 Å². The molecule has 1 aromatic rings. The average Bonchev–Trinajstić information content (AvgIpc) is 2.26. The smallest absolute Gasteiger partial charge is 0.238 e. The van der Waals surface area contributed by atoms with Gasteiger partial charge in [0.2, 0.25) is 5.91 Å². The molecule has 0 aliphatic rings. The third kappa shape index (κ3) is 4.64. The molecule has 0 saturated carbocycles. The molecule has 0 spiro atoms. The zero-order valence-electron chi connectivity index (χ0n) is 9.72. The van der Waals surface area contributed by atoms with E-state index in [4.69, 9.17) is 5.73 Å². The Morgan fingerprint density at radius 2 is 1.88 bits per heavy atom. The van der Waals surface area contributed by atoms with E-state index >= 15 is 0 Å². The number of nitrogens with zero attached hydrogens (tertiary/aromatic N) is 1. The van der Waals surface area contributed by atoms with E-state index in [0.717, 1.165) is 6.42 Å². The number of amides is 1. The van der Waals surface area contributed by atoms with Crippen LogP contribution in [0, 0.1) is 0 Å². The molecule has 1 atom stereocenters. The van der Waals surface area contributed by atoms with Gasteiger partial charge in [0, 0.05) is 14.1 Å². The van der Waals surface area contributed by atoms with Crippen molar-refractivity contribution in [2.45, 2.75) is 18.9 Å². The van der Waals surface area contributed by atoms with Crippen molar-refractivity contribution in [3.8, 4) is 0 Å². The summed E-state index contributed by atoms with van der Waals surface area (Å²) in [6.07, 6.45) is 1.54. The van der Waals surface area contributed by atoms with Crippen LogP contribution in [0.15, 0.2) is 30.3 Å². The second-order valence-electron chi connectivity index (χ2n) is 3.86. The lowest BCUT2D eigenvalue weighted by atomic mass is 10.1. The molecule has 1 aromatic carbocycles. The first-order valence-corrected chi connectivity index (χ1v) is 5.12. The first kappa shape index (κ1) is 14.9. The van der Waals surface area contributed by atoms with Crippen molar-refractivity contribution < 1.29 is 4.79 Å². The van der Waals surface area contributed by atoms with Gasteiger partial charge in [0.05, 0.1) is 6.04 Å². The maximum Gasteiger partial charge on any atom is 0.238 e. The van der Waals surface area contributed by atoms with Gasteiger partial charge in [-0.3, -0.25) is 4.79 Å². The summed E-state index contributed by atoms with van der Waals surface area (Å²) in [6.45, 7) is 0. The maximum absolute atomic E-state index is 11.5. The third-order valence-corrected chi connectivity index (χ3v) is 2.34.